The minimum Gasteiger partial charge on any atom is -0.356 e. The first-order valence-electron chi connectivity index (χ1n) is 4.66. The van der Waals surface area contributed by atoms with Crippen molar-refractivity contribution < 1.29 is 4.74 Å². The lowest BCUT2D eigenvalue weighted by Gasteiger charge is -2.42. The Morgan fingerprint density at radius 2 is 1.92 bits per heavy atom. The molecule has 0 saturated carbocycles. The number of nitrogens with zero attached hydrogens (tertiary/aromatic N) is 1. The van der Waals surface area contributed by atoms with Gasteiger partial charge in [-0.25, -0.2) is 0 Å². The van der Waals surface area contributed by atoms with E-state index < -0.39 is 0 Å². The van der Waals surface area contributed by atoms with Gasteiger partial charge >= 0.3 is 0 Å². The summed E-state index contributed by atoms with van der Waals surface area (Å²) in [7, 11) is 2.13. The molecular formula is C10H21NO. The predicted octanol–water partition coefficient (Wildman–Crippen LogP) is 2.10. The van der Waals surface area contributed by atoms with Crippen LogP contribution in [0.3, 0.4) is 0 Å². The molecule has 1 aliphatic heterocycles. The van der Waals surface area contributed by atoms with E-state index in [1.165, 1.54) is 0 Å². The van der Waals surface area contributed by atoms with Crippen molar-refractivity contribution in [3.63, 3.8) is 0 Å². The van der Waals surface area contributed by atoms with E-state index in [4.69, 9.17) is 4.74 Å². The summed E-state index contributed by atoms with van der Waals surface area (Å²) in [5.74, 6) is 0. The molecular weight excluding hydrogens is 150 g/mol. The second-order valence-electron chi connectivity index (χ2n) is 5.04. The fraction of sp³-hybridized carbons (Fsp3) is 1.00. The third-order valence-electron chi connectivity index (χ3n) is 3.08. The van der Waals surface area contributed by atoms with Crippen LogP contribution in [0.15, 0.2) is 0 Å². The zero-order valence-electron chi connectivity index (χ0n) is 9.14. The number of hydrogen-bond acceptors (Lipinski definition) is 2. The average Bonchev–Trinajstić information content (AvgIpc) is 2.06. The number of hydrogen-bond donors (Lipinski definition) is 0. The van der Waals surface area contributed by atoms with Gasteiger partial charge in [0.25, 0.3) is 0 Å². The Morgan fingerprint density at radius 3 is 2.08 bits per heavy atom. The van der Waals surface area contributed by atoms with Crippen molar-refractivity contribution >= 4 is 0 Å². The summed E-state index contributed by atoms with van der Waals surface area (Å²) in [5, 5.41) is 0. The summed E-state index contributed by atoms with van der Waals surface area (Å²) < 4.78 is 5.95. The van der Waals surface area contributed by atoms with Gasteiger partial charge in [-0.3, -0.25) is 4.90 Å². The molecule has 72 valence electrons. The Kier molecular flexibility index (Phi) is 2.26. The number of ether oxygens (including phenoxy) is 1. The maximum absolute atomic E-state index is 5.95. The quantitative estimate of drug-likeness (QED) is 0.553. The van der Waals surface area contributed by atoms with E-state index in [9.17, 15) is 0 Å². The van der Waals surface area contributed by atoms with Crippen molar-refractivity contribution in [3.05, 3.63) is 0 Å². The van der Waals surface area contributed by atoms with Crippen molar-refractivity contribution in [2.75, 3.05) is 13.6 Å². The van der Waals surface area contributed by atoms with E-state index in [1.54, 1.807) is 0 Å². The summed E-state index contributed by atoms with van der Waals surface area (Å²) in [5.41, 5.74) is 0.0684. The first-order valence-corrected chi connectivity index (χ1v) is 4.66. The van der Waals surface area contributed by atoms with E-state index in [0.717, 1.165) is 6.54 Å². The van der Waals surface area contributed by atoms with Crippen LogP contribution in [0, 0.1) is 5.41 Å². The topological polar surface area (TPSA) is 12.5 Å². The molecule has 1 heterocycles. The van der Waals surface area contributed by atoms with E-state index in [2.05, 4.69) is 46.6 Å². The summed E-state index contributed by atoms with van der Waals surface area (Å²) in [6.45, 7) is 12.0. The highest BCUT2D eigenvalue weighted by molar-refractivity contribution is 4.92. The van der Waals surface area contributed by atoms with Crippen LogP contribution in [0.25, 0.3) is 0 Å². The van der Waals surface area contributed by atoms with Gasteiger partial charge < -0.3 is 4.74 Å². The summed E-state index contributed by atoms with van der Waals surface area (Å²) >= 11 is 0. The zero-order valence-corrected chi connectivity index (χ0v) is 9.14. The van der Waals surface area contributed by atoms with Gasteiger partial charge in [-0.15, -0.1) is 0 Å². The summed E-state index contributed by atoms with van der Waals surface area (Å²) in [6.07, 6.45) is 0.360. The molecule has 1 saturated heterocycles. The Labute approximate surface area is 75.9 Å². The van der Waals surface area contributed by atoms with Crippen LogP contribution < -0.4 is 0 Å². The van der Waals surface area contributed by atoms with Crippen LogP contribution >= 0.6 is 0 Å². The van der Waals surface area contributed by atoms with Gasteiger partial charge in [-0.2, -0.15) is 0 Å². The molecule has 2 heteroatoms. The first-order chi connectivity index (χ1) is 5.27. The molecule has 1 aliphatic rings. The van der Waals surface area contributed by atoms with Crippen molar-refractivity contribution in [2.24, 2.45) is 5.41 Å². The molecule has 1 rings (SSSR count). The highest BCUT2D eigenvalue weighted by atomic mass is 16.5. The lowest BCUT2D eigenvalue weighted by Crippen LogP contribution is -2.50. The van der Waals surface area contributed by atoms with Crippen LogP contribution in [-0.4, -0.2) is 30.3 Å². The molecule has 0 unspecified atom stereocenters. The zero-order chi connectivity index (χ0) is 9.57. The van der Waals surface area contributed by atoms with Gasteiger partial charge in [0.2, 0.25) is 0 Å². The maximum Gasteiger partial charge on any atom is 0.123 e. The molecule has 0 amide bonds. The molecule has 0 aliphatic carbocycles. The van der Waals surface area contributed by atoms with E-state index in [-0.39, 0.29) is 11.1 Å². The average molecular weight is 171 g/mol. The normalized spacial score (nSPS) is 39.0. The fourth-order valence-corrected chi connectivity index (χ4v) is 1.83. The second-order valence-corrected chi connectivity index (χ2v) is 5.04. The minimum atomic E-state index is -0.105. The SMILES string of the molecule is C[C@H]1CN(C)[C@](C)(C(C)(C)C)O1. The lowest BCUT2D eigenvalue weighted by molar-refractivity contribution is -0.149. The molecule has 0 N–H and O–H groups in total. The fourth-order valence-electron chi connectivity index (χ4n) is 1.83. The van der Waals surface area contributed by atoms with Gasteiger partial charge in [0.05, 0.1) is 6.10 Å². The van der Waals surface area contributed by atoms with Gasteiger partial charge in [0.15, 0.2) is 0 Å². The monoisotopic (exact) mass is 171 g/mol. The molecule has 2 atom stereocenters. The van der Waals surface area contributed by atoms with Crippen LogP contribution in [-0.2, 0) is 4.74 Å². The van der Waals surface area contributed by atoms with Crippen LogP contribution in [0.5, 0.6) is 0 Å². The summed E-state index contributed by atoms with van der Waals surface area (Å²) in [6, 6.07) is 0. The molecule has 1 fully saturated rings. The molecule has 12 heavy (non-hydrogen) atoms. The van der Waals surface area contributed by atoms with E-state index >= 15 is 0 Å². The lowest BCUT2D eigenvalue weighted by atomic mass is 9.83. The Bertz CT molecular complexity index is 173. The standard InChI is InChI=1S/C10H21NO/c1-8-7-11(6)10(5,12-8)9(2,3)4/h8H,7H2,1-6H3/t8-,10-/m0/s1. The van der Waals surface area contributed by atoms with Crippen molar-refractivity contribution in [1.82, 2.24) is 4.90 Å². The second kappa shape index (κ2) is 2.71. The molecule has 0 aromatic heterocycles. The van der Waals surface area contributed by atoms with Gasteiger partial charge in [0, 0.05) is 12.0 Å². The van der Waals surface area contributed by atoms with Crippen LogP contribution in [0.4, 0.5) is 0 Å². The largest absolute Gasteiger partial charge is 0.356 e. The van der Waals surface area contributed by atoms with Gasteiger partial charge in [0.1, 0.15) is 5.72 Å². The van der Waals surface area contributed by atoms with Gasteiger partial charge in [-0.1, -0.05) is 20.8 Å². The molecule has 0 aromatic rings. The minimum absolute atomic E-state index is 0.105. The third kappa shape index (κ3) is 1.38. The molecule has 0 radical (unpaired) electrons. The molecule has 2 nitrogen and oxygen atoms in total. The molecule has 0 bridgehead atoms. The molecule has 0 aromatic carbocycles. The van der Waals surface area contributed by atoms with Crippen LogP contribution in [0.2, 0.25) is 0 Å². The third-order valence-corrected chi connectivity index (χ3v) is 3.08. The Hall–Kier alpha value is -0.0800. The predicted molar refractivity (Wildman–Crippen MR) is 51.0 cm³/mol. The van der Waals surface area contributed by atoms with Crippen molar-refractivity contribution in [2.45, 2.75) is 46.4 Å². The first kappa shape index (κ1) is 10.0. The summed E-state index contributed by atoms with van der Waals surface area (Å²) in [4.78, 5) is 2.30. The smallest absolute Gasteiger partial charge is 0.123 e. The van der Waals surface area contributed by atoms with Crippen molar-refractivity contribution in [3.8, 4) is 0 Å². The Balaban J connectivity index is 2.85. The number of rotatable bonds is 0. The van der Waals surface area contributed by atoms with Crippen molar-refractivity contribution in [1.29, 1.82) is 0 Å². The number of likely N-dealkylation sites (N-methyl/N-ethyl adjacent to an activating group) is 1. The highest BCUT2D eigenvalue weighted by Crippen LogP contribution is 2.40. The molecule has 0 spiro atoms. The highest BCUT2D eigenvalue weighted by Gasteiger charge is 2.47. The van der Waals surface area contributed by atoms with Crippen LogP contribution in [0.1, 0.15) is 34.6 Å². The van der Waals surface area contributed by atoms with E-state index in [0.29, 0.717) is 6.10 Å². The van der Waals surface area contributed by atoms with Gasteiger partial charge in [-0.05, 0) is 20.9 Å². The Morgan fingerprint density at radius 1 is 1.42 bits per heavy atom. The maximum atomic E-state index is 5.95. The van der Waals surface area contributed by atoms with E-state index in [1.807, 2.05) is 0 Å².